The van der Waals surface area contributed by atoms with Crippen LogP contribution >= 0.6 is 0 Å². The van der Waals surface area contributed by atoms with E-state index >= 15 is 0 Å². The summed E-state index contributed by atoms with van der Waals surface area (Å²) in [7, 11) is 0. The Morgan fingerprint density at radius 1 is 0.923 bits per heavy atom. The van der Waals surface area contributed by atoms with Gasteiger partial charge in [0.1, 0.15) is 5.75 Å². The van der Waals surface area contributed by atoms with Crippen molar-refractivity contribution in [3.63, 3.8) is 0 Å². The van der Waals surface area contributed by atoms with Crippen LogP contribution in [0.2, 0.25) is 0 Å². The fraction of sp³-hybridized carbons (Fsp3) is 0.542. The summed E-state index contributed by atoms with van der Waals surface area (Å²) in [6, 6.07) is 12.5. The maximum Gasteiger partial charge on any atom is 0.119 e. The number of pyridine rings is 1. The molecule has 1 saturated carbocycles. The zero-order valence-electron chi connectivity index (χ0n) is 16.4. The minimum atomic E-state index is 0.830. The lowest BCUT2D eigenvalue weighted by molar-refractivity contribution is 0.230. The van der Waals surface area contributed by atoms with E-state index in [1.807, 2.05) is 6.20 Å². The highest BCUT2D eigenvalue weighted by atomic mass is 16.5. The second-order valence-corrected chi connectivity index (χ2v) is 7.91. The summed E-state index contributed by atoms with van der Waals surface area (Å²) in [6.07, 6.45) is 13.0. The topological polar surface area (TPSA) is 22.1 Å². The van der Waals surface area contributed by atoms with E-state index in [-0.39, 0.29) is 0 Å². The molecule has 0 spiro atoms. The van der Waals surface area contributed by atoms with Gasteiger partial charge < -0.3 is 4.74 Å². The summed E-state index contributed by atoms with van der Waals surface area (Å²) in [5.74, 6) is 2.91. The van der Waals surface area contributed by atoms with Gasteiger partial charge in [0.25, 0.3) is 0 Å². The number of aromatic nitrogens is 1. The molecule has 1 aliphatic rings. The van der Waals surface area contributed by atoms with E-state index in [1.165, 1.54) is 56.9 Å². The lowest BCUT2D eigenvalue weighted by Crippen LogP contribution is -2.15. The summed E-state index contributed by atoms with van der Waals surface area (Å²) in [4.78, 5) is 4.48. The number of hydrogen-bond acceptors (Lipinski definition) is 2. The molecule has 0 N–H and O–H groups in total. The van der Waals surface area contributed by atoms with Crippen LogP contribution in [0.4, 0.5) is 0 Å². The third-order valence-corrected chi connectivity index (χ3v) is 5.75. The van der Waals surface area contributed by atoms with Gasteiger partial charge in [0.15, 0.2) is 0 Å². The molecule has 0 amide bonds. The standard InChI is InChI=1S/C24H33NO/c1-3-5-20-8-10-21(11-9-20)6-4-17-26-23-14-12-22(13-15-23)24-16-7-19(2)18-25-24/h7,12-16,18,20-21H,3-6,8-11,17H2,1-2H3. The van der Waals surface area contributed by atoms with Crippen molar-refractivity contribution >= 4 is 0 Å². The Morgan fingerprint density at radius 3 is 2.23 bits per heavy atom. The summed E-state index contributed by atoms with van der Waals surface area (Å²) < 4.78 is 5.95. The number of nitrogens with zero attached hydrogens (tertiary/aromatic N) is 1. The number of rotatable bonds is 8. The molecule has 0 atom stereocenters. The SMILES string of the molecule is CCCC1CCC(CCCOc2ccc(-c3ccc(C)cn3)cc2)CC1. The van der Waals surface area contributed by atoms with Crippen molar-refractivity contribution in [3.8, 4) is 17.0 Å². The minimum absolute atomic E-state index is 0.830. The predicted molar refractivity (Wildman–Crippen MR) is 109 cm³/mol. The van der Waals surface area contributed by atoms with Crippen molar-refractivity contribution in [2.75, 3.05) is 6.61 Å². The van der Waals surface area contributed by atoms with E-state index in [0.717, 1.165) is 35.4 Å². The van der Waals surface area contributed by atoms with Gasteiger partial charge in [-0.15, -0.1) is 0 Å². The Bertz CT molecular complexity index is 639. The van der Waals surface area contributed by atoms with Gasteiger partial charge in [0.2, 0.25) is 0 Å². The number of benzene rings is 1. The minimum Gasteiger partial charge on any atom is -0.494 e. The molecule has 0 aliphatic heterocycles. The summed E-state index contributed by atoms with van der Waals surface area (Å²) in [5, 5.41) is 0. The van der Waals surface area contributed by atoms with Crippen LogP contribution < -0.4 is 4.74 Å². The molecular weight excluding hydrogens is 318 g/mol. The molecule has 3 rings (SSSR count). The van der Waals surface area contributed by atoms with Crippen LogP contribution in [0, 0.1) is 18.8 Å². The van der Waals surface area contributed by atoms with Gasteiger partial charge in [-0.2, -0.15) is 0 Å². The van der Waals surface area contributed by atoms with E-state index in [4.69, 9.17) is 4.74 Å². The van der Waals surface area contributed by atoms with Crippen LogP contribution in [0.15, 0.2) is 42.6 Å². The Balaban J connectivity index is 1.37. The van der Waals surface area contributed by atoms with E-state index in [1.54, 1.807) is 0 Å². The van der Waals surface area contributed by atoms with Crippen molar-refractivity contribution in [1.82, 2.24) is 4.98 Å². The molecule has 0 bridgehead atoms. The zero-order chi connectivity index (χ0) is 18.2. The third-order valence-electron chi connectivity index (χ3n) is 5.75. The van der Waals surface area contributed by atoms with Crippen LogP contribution in [-0.4, -0.2) is 11.6 Å². The first-order valence-electron chi connectivity index (χ1n) is 10.4. The number of aryl methyl sites for hydroxylation is 1. The quantitative estimate of drug-likeness (QED) is 0.487. The molecule has 1 aromatic heterocycles. The van der Waals surface area contributed by atoms with E-state index in [2.05, 4.69) is 55.2 Å². The second-order valence-electron chi connectivity index (χ2n) is 7.91. The molecule has 1 aromatic carbocycles. The van der Waals surface area contributed by atoms with E-state index < -0.39 is 0 Å². The first-order valence-corrected chi connectivity index (χ1v) is 10.4. The van der Waals surface area contributed by atoms with Gasteiger partial charge >= 0.3 is 0 Å². The van der Waals surface area contributed by atoms with Crippen LogP contribution in [0.3, 0.4) is 0 Å². The van der Waals surface area contributed by atoms with Crippen molar-refractivity contribution in [2.45, 2.75) is 65.2 Å². The highest BCUT2D eigenvalue weighted by molar-refractivity contribution is 5.60. The van der Waals surface area contributed by atoms with Gasteiger partial charge in [-0.25, -0.2) is 0 Å². The van der Waals surface area contributed by atoms with E-state index in [0.29, 0.717) is 0 Å². The van der Waals surface area contributed by atoms with Crippen molar-refractivity contribution in [3.05, 3.63) is 48.2 Å². The molecule has 1 heterocycles. The predicted octanol–water partition coefficient (Wildman–Crippen LogP) is 6.82. The van der Waals surface area contributed by atoms with Gasteiger partial charge in [-0.3, -0.25) is 4.98 Å². The molecule has 140 valence electrons. The van der Waals surface area contributed by atoms with Crippen LogP contribution in [0.5, 0.6) is 5.75 Å². The average Bonchev–Trinajstić information content (AvgIpc) is 2.68. The van der Waals surface area contributed by atoms with Gasteiger partial charge in [0.05, 0.1) is 12.3 Å². The van der Waals surface area contributed by atoms with Gasteiger partial charge in [-0.05, 0) is 67.5 Å². The summed E-state index contributed by atoms with van der Waals surface area (Å²) in [6.45, 7) is 5.20. The monoisotopic (exact) mass is 351 g/mol. The Labute approximate surface area is 159 Å². The Morgan fingerprint density at radius 2 is 1.62 bits per heavy atom. The fourth-order valence-electron chi connectivity index (χ4n) is 4.14. The highest BCUT2D eigenvalue weighted by Crippen LogP contribution is 2.33. The zero-order valence-corrected chi connectivity index (χ0v) is 16.4. The molecule has 2 aromatic rings. The fourth-order valence-corrected chi connectivity index (χ4v) is 4.14. The molecule has 1 fully saturated rings. The van der Waals surface area contributed by atoms with Crippen molar-refractivity contribution in [1.29, 1.82) is 0 Å². The second kappa shape index (κ2) is 9.75. The number of hydrogen-bond donors (Lipinski definition) is 0. The van der Waals surface area contributed by atoms with Crippen molar-refractivity contribution < 1.29 is 4.74 Å². The molecule has 0 radical (unpaired) electrons. The van der Waals surface area contributed by atoms with Crippen LogP contribution in [-0.2, 0) is 0 Å². The molecular formula is C24H33NO. The largest absolute Gasteiger partial charge is 0.494 e. The summed E-state index contributed by atoms with van der Waals surface area (Å²) >= 11 is 0. The van der Waals surface area contributed by atoms with Gasteiger partial charge in [0, 0.05) is 11.8 Å². The maximum atomic E-state index is 5.95. The average molecular weight is 352 g/mol. The highest BCUT2D eigenvalue weighted by Gasteiger charge is 2.20. The summed E-state index contributed by atoms with van der Waals surface area (Å²) in [5.41, 5.74) is 3.34. The lowest BCUT2D eigenvalue weighted by atomic mass is 9.78. The Hall–Kier alpha value is -1.83. The van der Waals surface area contributed by atoms with Crippen LogP contribution in [0.25, 0.3) is 11.3 Å². The molecule has 26 heavy (non-hydrogen) atoms. The molecule has 0 saturated heterocycles. The molecule has 0 unspecified atom stereocenters. The first-order chi connectivity index (χ1) is 12.7. The number of ether oxygens (including phenoxy) is 1. The Kier molecular flexibility index (Phi) is 7.11. The van der Waals surface area contributed by atoms with Crippen molar-refractivity contribution in [2.24, 2.45) is 11.8 Å². The van der Waals surface area contributed by atoms with Crippen LogP contribution in [0.1, 0.15) is 63.9 Å². The molecule has 1 aliphatic carbocycles. The van der Waals surface area contributed by atoms with E-state index in [9.17, 15) is 0 Å². The molecule has 2 nitrogen and oxygen atoms in total. The van der Waals surface area contributed by atoms with Gasteiger partial charge in [-0.1, -0.05) is 51.5 Å². The lowest BCUT2D eigenvalue weighted by Gasteiger charge is -2.28. The molecule has 2 heteroatoms. The normalized spacial score (nSPS) is 20.1. The first kappa shape index (κ1) is 18.9. The third kappa shape index (κ3) is 5.59. The smallest absolute Gasteiger partial charge is 0.119 e. The maximum absolute atomic E-state index is 5.95.